The van der Waals surface area contributed by atoms with Crippen LogP contribution < -0.4 is 0 Å². The fourth-order valence-electron chi connectivity index (χ4n) is 3.95. The Morgan fingerprint density at radius 2 is 1.12 bits per heavy atom. The molecule has 0 N–H and O–H groups in total. The number of carbonyl (C=O) groups excluding carboxylic acids is 1. The molecule has 1 saturated heterocycles. The van der Waals surface area contributed by atoms with Crippen molar-refractivity contribution in [1.29, 1.82) is 0 Å². The Balaban J connectivity index is 2.21. The topological polar surface area (TPSA) is 23.6 Å². The maximum atomic E-state index is 12.4. The van der Waals surface area contributed by atoms with Crippen LogP contribution in [0.4, 0.5) is 0 Å². The first-order valence-electron chi connectivity index (χ1n) is 12.5. The highest BCUT2D eigenvalue weighted by atomic mass is 16.2. The fourth-order valence-corrected chi connectivity index (χ4v) is 3.95. The van der Waals surface area contributed by atoms with E-state index in [9.17, 15) is 4.79 Å². The van der Waals surface area contributed by atoms with Gasteiger partial charge in [0.1, 0.15) is 0 Å². The van der Waals surface area contributed by atoms with Crippen molar-refractivity contribution in [2.24, 2.45) is 0 Å². The molecule has 0 aromatic rings. The first kappa shape index (κ1) is 28.2. The van der Waals surface area contributed by atoms with Gasteiger partial charge in [0.05, 0.1) is 0 Å². The Morgan fingerprint density at radius 1 is 0.688 bits per heavy atom. The molecule has 0 spiro atoms. The van der Waals surface area contributed by atoms with Gasteiger partial charge < -0.3 is 4.90 Å². The summed E-state index contributed by atoms with van der Waals surface area (Å²) in [5.41, 5.74) is 5.79. The monoisotopic (exact) mass is 440 g/mol. The second-order valence-corrected chi connectivity index (χ2v) is 9.56. The molecule has 0 saturated carbocycles. The van der Waals surface area contributed by atoms with Crippen LogP contribution >= 0.6 is 0 Å². The van der Waals surface area contributed by atoms with Crippen LogP contribution in [0, 0.1) is 0 Å². The lowest BCUT2D eigenvalue weighted by molar-refractivity contribution is -0.132. The van der Waals surface area contributed by atoms with Gasteiger partial charge in [-0.05, 0) is 79.6 Å². The van der Waals surface area contributed by atoms with E-state index < -0.39 is 0 Å². The Kier molecular flexibility index (Phi) is 14.7. The molecule has 1 amide bonds. The van der Waals surface area contributed by atoms with Crippen molar-refractivity contribution in [1.82, 2.24) is 9.80 Å². The molecule has 0 unspecified atom stereocenters. The molecule has 3 heteroatoms. The van der Waals surface area contributed by atoms with Crippen molar-refractivity contribution in [3.63, 3.8) is 0 Å². The molecule has 0 radical (unpaired) electrons. The molecule has 32 heavy (non-hydrogen) atoms. The quantitative estimate of drug-likeness (QED) is 0.266. The summed E-state index contributed by atoms with van der Waals surface area (Å²) in [5.74, 6) is 0.298. The second kappa shape index (κ2) is 16.7. The van der Waals surface area contributed by atoms with Crippen LogP contribution in [0.5, 0.6) is 0 Å². The Labute approximate surface area is 198 Å². The number of hydrogen-bond donors (Lipinski definition) is 0. The third-order valence-electron chi connectivity index (χ3n) is 6.12. The summed E-state index contributed by atoms with van der Waals surface area (Å²) in [6.45, 7) is 19.4. The molecule has 1 rings (SSSR count). The SMILES string of the molecule is C=CCN1CCN(C(=O)CCC=C(C)CCC=C(C)CCC=C(C)CCC=C(C)C)CC1. The summed E-state index contributed by atoms with van der Waals surface area (Å²) in [5, 5.41) is 0. The maximum absolute atomic E-state index is 12.4. The van der Waals surface area contributed by atoms with Crippen molar-refractivity contribution in [3.05, 3.63) is 59.3 Å². The summed E-state index contributed by atoms with van der Waals surface area (Å²) < 4.78 is 0. The Hall–Kier alpha value is -1.87. The van der Waals surface area contributed by atoms with Crippen LogP contribution in [0.3, 0.4) is 0 Å². The average molecular weight is 441 g/mol. The zero-order valence-corrected chi connectivity index (χ0v) is 21.6. The minimum atomic E-state index is 0.298. The predicted octanol–water partition coefficient (Wildman–Crippen LogP) is 7.24. The number of allylic oxidation sites excluding steroid dienone is 8. The predicted molar refractivity (Wildman–Crippen MR) is 141 cm³/mol. The highest BCUT2D eigenvalue weighted by molar-refractivity contribution is 5.76. The maximum Gasteiger partial charge on any atom is 0.222 e. The molecule has 1 aliphatic rings. The van der Waals surface area contributed by atoms with Gasteiger partial charge in [0, 0.05) is 39.1 Å². The van der Waals surface area contributed by atoms with Gasteiger partial charge in [-0.3, -0.25) is 9.69 Å². The van der Waals surface area contributed by atoms with E-state index in [1.54, 1.807) is 0 Å². The number of hydrogen-bond acceptors (Lipinski definition) is 2. The first-order valence-corrected chi connectivity index (χ1v) is 12.5. The van der Waals surface area contributed by atoms with Crippen molar-refractivity contribution in [2.75, 3.05) is 32.7 Å². The molecule has 0 aromatic heterocycles. The summed E-state index contributed by atoms with van der Waals surface area (Å²) >= 11 is 0. The van der Waals surface area contributed by atoms with Gasteiger partial charge in [0.2, 0.25) is 5.91 Å². The summed E-state index contributed by atoms with van der Waals surface area (Å²) in [6, 6.07) is 0. The number of piperazine rings is 1. The molecule has 1 heterocycles. The van der Waals surface area contributed by atoms with Crippen LogP contribution in [0.15, 0.2) is 59.3 Å². The third-order valence-corrected chi connectivity index (χ3v) is 6.12. The molecule has 0 aromatic carbocycles. The van der Waals surface area contributed by atoms with Gasteiger partial charge in [-0.25, -0.2) is 0 Å². The molecule has 3 nitrogen and oxygen atoms in total. The summed E-state index contributed by atoms with van der Waals surface area (Å²) in [4.78, 5) is 16.8. The standard InChI is InChI=1S/C29H48N2O/c1-7-20-30-21-23-31(24-22-30)29(32)19-11-18-28(6)17-10-16-27(5)15-9-14-26(4)13-8-12-25(2)3/h7,12,14,16,18H,1,8-11,13,15,17,19-24H2,2-6H3. The molecule has 0 bridgehead atoms. The first-order chi connectivity index (χ1) is 15.3. The van der Waals surface area contributed by atoms with Crippen LogP contribution in [0.25, 0.3) is 0 Å². The fraction of sp³-hybridized carbons (Fsp3) is 0.621. The van der Waals surface area contributed by atoms with Gasteiger partial charge in [-0.1, -0.05) is 52.7 Å². The van der Waals surface area contributed by atoms with E-state index >= 15 is 0 Å². The minimum Gasteiger partial charge on any atom is -0.340 e. The Bertz CT molecular complexity index is 684. The lowest BCUT2D eigenvalue weighted by Gasteiger charge is -2.34. The van der Waals surface area contributed by atoms with Gasteiger partial charge in [-0.2, -0.15) is 0 Å². The van der Waals surface area contributed by atoms with E-state index in [-0.39, 0.29) is 0 Å². The van der Waals surface area contributed by atoms with Crippen molar-refractivity contribution in [2.45, 2.75) is 86.0 Å². The van der Waals surface area contributed by atoms with E-state index in [1.165, 1.54) is 28.7 Å². The zero-order chi connectivity index (χ0) is 23.8. The van der Waals surface area contributed by atoms with Gasteiger partial charge in [0.15, 0.2) is 0 Å². The lowest BCUT2D eigenvalue weighted by Crippen LogP contribution is -2.48. The van der Waals surface area contributed by atoms with Crippen LogP contribution in [0.1, 0.15) is 86.0 Å². The largest absolute Gasteiger partial charge is 0.340 e. The molecular weight excluding hydrogens is 392 g/mol. The highest BCUT2D eigenvalue weighted by Gasteiger charge is 2.19. The Morgan fingerprint density at radius 3 is 1.56 bits per heavy atom. The van der Waals surface area contributed by atoms with Crippen molar-refractivity contribution >= 4 is 5.91 Å². The van der Waals surface area contributed by atoms with E-state index in [2.05, 4.69) is 70.4 Å². The lowest BCUT2D eigenvalue weighted by atomic mass is 10.0. The molecule has 1 fully saturated rings. The number of carbonyl (C=O) groups is 1. The van der Waals surface area contributed by atoms with E-state index in [0.717, 1.165) is 71.2 Å². The van der Waals surface area contributed by atoms with Crippen LogP contribution in [-0.4, -0.2) is 48.4 Å². The highest BCUT2D eigenvalue weighted by Crippen LogP contribution is 2.14. The number of nitrogens with zero attached hydrogens (tertiary/aromatic N) is 2. The van der Waals surface area contributed by atoms with Crippen molar-refractivity contribution in [3.8, 4) is 0 Å². The summed E-state index contributed by atoms with van der Waals surface area (Å²) in [6.07, 6.45) is 19.6. The molecule has 180 valence electrons. The van der Waals surface area contributed by atoms with E-state index in [4.69, 9.17) is 0 Å². The average Bonchev–Trinajstić information content (AvgIpc) is 2.74. The van der Waals surface area contributed by atoms with Crippen LogP contribution in [-0.2, 0) is 4.79 Å². The molecular formula is C29H48N2O. The third kappa shape index (κ3) is 13.5. The van der Waals surface area contributed by atoms with Crippen LogP contribution in [0.2, 0.25) is 0 Å². The number of rotatable bonds is 14. The van der Waals surface area contributed by atoms with E-state index in [1.807, 2.05) is 11.0 Å². The van der Waals surface area contributed by atoms with Gasteiger partial charge in [0.25, 0.3) is 0 Å². The smallest absolute Gasteiger partial charge is 0.222 e. The molecule has 0 atom stereocenters. The second-order valence-electron chi connectivity index (χ2n) is 9.56. The zero-order valence-electron chi connectivity index (χ0n) is 21.6. The van der Waals surface area contributed by atoms with Crippen molar-refractivity contribution < 1.29 is 4.79 Å². The normalized spacial score (nSPS) is 16.3. The molecule has 1 aliphatic heterocycles. The molecule has 0 aliphatic carbocycles. The minimum absolute atomic E-state index is 0.298. The number of amides is 1. The van der Waals surface area contributed by atoms with Gasteiger partial charge in [-0.15, -0.1) is 6.58 Å². The summed E-state index contributed by atoms with van der Waals surface area (Å²) in [7, 11) is 0. The van der Waals surface area contributed by atoms with Gasteiger partial charge >= 0.3 is 0 Å². The van der Waals surface area contributed by atoms with E-state index in [0.29, 0.717) is 12.3 Å².